The van der Waals surface area contributed by atoms with Gasteiger partial charge in [-0.15, -0.1) is 11.3 Å². The highest BCUT2D eigenvalue weighted by Crippen LogP contribution is 2.29. The first-order valence-electron chi connectivity index (χ1n) is 9.33. The summed E-state index contributed by atoms with van der Waals surface area (Å²) in [5.41, 5.74) is 2.73. The Hall–Kier alpha value is -3.45. The molecule has 7 heteroatoms. The molecule has 2 aromatic heterocycles. The maximum Gasteiger partial charge on any atom is 0.271 e. The number of carbonyl (C=O) groups is 1. The number of rotatable bonds is 7. The van der Waals surface area contributed by atoms with Gasteiger partial charge in [0.1, 0.15) is 34.6 Å². The van der Waals surface area contributed by atoms with Gasteiger partial charge in [0.2, 0.25) is 0 Å². The minimum atomic E-state index is -0.450. The summed E-state index contributed by atoms with van der Waals surface area (Å²) in [6.45, 7) is 2.63. The average molecular weight is 422 g/mol. The number of nitrogens with one attached hydrogen (secondary N) is 1. The van der Waals surface area contributed by atoms with E-state index < -0.39 is 5.82 Å². The maximum atomic E-state index is 14.6. The van der Waals surface area contributed by atoms with Crippen molar-refractivity contribution in [2.75, 3.05) is 0 Å². The van der Waals surface area contributed by atoms with E-state index in [4.69, 9.17) is 9.15 Å². The molecule has 5 nitrogen and oxygen atoms in total. The zero-order valence-corrected chi connectivity index (χ0v) is 17.0. The number of amides is 1. The maximum absolute atomic E-state index is 14.6. The number of aryl methyl sites for hydroxylation is 1. The molecule has 0 unspecified atom stereocenters. The molecule has 0 radical (unpaired) electrons. The first-order chi connectivity index (χ1) is 14.6. The number of hydrogen-bond acceptors (Lipinski definition) is 5. The summed E-state index contributed by atoms with van der Waals surface area (Å²) >= 11 is 1.21. The first kappa shape index (κ1) is 19.8. The summed E-state index contributed by atoms with van der Waals surface area (Å²) in [6, 6.07) is 16.1. The lowest BCUT2D eigenvalue weighted by molar-refractivity contribution is 0.0944. The number of ether oxygens (including phenoxy) is 1. The average Bonchev–Trinajstić information content (AvgIpc) is 3.43. The van der Waals surface area contributed by atoms with E-state index in [1.807, 2.05) is 31.2 Å². The second-order valence-corrected chi connectivity index (χ2v) is 7.58. The fourth-order valence-corrected chi connectivity index (χ4v) is 3.73. The zero-order chi connectivity index (χ0) is 20.9. The molecule has 2 aromatic carbocycles. The van der Waals surface area contributed by atoms with Gasteiger partial charge < -0.3 is 14.5 Å². The van der Waals surface area contributed by atoms with Crippen LogP contribution in [0.25, 0.3) is 10.6 Å². The van der Waals surface area contributed by atoms with Crippen LogP contribution < -0.4 is 10.1 Å². The lowest BCUT2D eigenvalue weighted by Gasteiger charge is -2.08. The van der Waals surface area contributed by atoms with Crippen LogP contribution >= 0.6 is 11.3 Å². The van der Waals surface area contributed by atoms with E-state index in [0.29, 0.717) is 28.7 Å². The Labute approximate surface area is 177 Å². The molecule has 0 aliphatic carbocycles. The molecular weight excluding hydrogens is 403 g/mol. The van der Waals surface area contributed by atoms with E-state index in [2.05, 4.69) is 10.3 Å². The number of carbonyl (C=O) groups excluding carboxylic acids is 1. The van der Waals surface area contributed by atoms with E-state index in [0.717, 1.165) is 11.1 Å². The number of hydrogen-bond donors (Lipinski definition) is 1. The molecule has 0 aliphatic rings. The number of benzene rings is 2. The number of furan rings is 1. The Balaban J connectivity index is 1.41. The Morgan fingerprint density at radius 2 is 2.10 bits per heavy atom. The number of nitrogens with zero attached hydrogens (tertiary/aromatic N) is 1. The van der Waals surface area contributed by atoms with Gasteiger partial charge in [0.15, 0.2) is 0 Å². The summed E-state index contributed by atoms with van der Waals surface area (Å²) in [5.74, 6) is 0.290. The van der Waals surface area contributed by atoms with Gasteiger partial charge in [0.25, 0.3) is 5.91 Å². The molecule has 0 atom stereocenters. The number of aromatic nitrogens is 1. The van der Waals surface area contributed by atoms with Gasteiger partial charge in [-0.05, 0) is 36.8 Å². The molecule has 0 saturated heterocycles. The summed E-state index contributed by atoms with van der Waals surface area (Å²) in [7, 11) is 0. The highest BCUT2D eigenvalue weighted by atomic mass is 32.1. The minimum Gasteiger partial charge on any atom is -0.489 e. The molecule has 30 heavy (non-hydrogen) atoms. The quantitative estimate of drug-likeness (QED) is 0.435. The van der Waals surface area contributed by atoms with Gasteiger partial charge in [0, 0.05) is 17.0 Å². The van der Waals surface area contributed by atoms with Crippen LogP contribution in [0.1, 0.15) is 27.4 Å². The molecular formula is C23H19FN2O3S. The highest BCUT2D eigenvalue weighted by Gasteiger charge is 2.15. The molecule has 1 N–H and O–H groups in total. The predicted octanol–water partition coefficient (Wildman–Crippen LogP) is 5.36. The first-order valence-corrected chi connectivity index (χ1v) is 10.2. The Morgan fingerprint density at radius 1 is 1.20 bits per heavy atom. The SMILES string of the molecule is Cc1cccc(COc2ccc(-c3nc(C(=O)NCc4ccco4)cs3)c(F)c2)c1. The highest BCUT2D eigenvalue weighted by molar-refractivity contribution is 7.13. The van der Waals surface area contributed by atoms with Crippen molar-refractivity contribution in [3.8, 4) is 16.3 Å². The molecule has 0 aliphatic heterocycles. The molecule has 152 valence electrons. The van der Waals surface area contributed by atoms with Crippen molar-refractivity contribution < 1.29 is 18.3 Å². The van der Waals surface area contributed by atoms with Gasteiger partial charge in [0.05, 0.1) is 12.8 Å². The monoisotopic (exact) mass is 422 g/mol. The van der Waals surface area contributed by atoms with Crippen LogP contribution in [0.2, 0.25) is 0 Å². The van der Waals surface area contributed by atoms with Crippen LogP contribution in [-0.4, -0.2) is 10.9 Å². The Kier molecular flexibility index (Phi) is 5.90. The van der Waals surface area contributed by atoms with Gasteiger partial charge in [-0.3, -0.25) is 4.79 Å². The van der Waals surface area contributed by atoms with Crippen LogP contribution in [0.15, 0.2) is 70.7 Å². The second-order valence-electron chi connectivity index (χ2n) is 6.72. The van der Waals surface area contributed by atoms with Crippen molar-refractivity contribution in [2.24, 2.45) is 0 Å². The topological polar surface area (TPSA) is 64.4 Å². The Bertz CT molecular complexity index is 1150. The molecule has 2 heterocycles. The third kappa shape index (κ3) is 4.75. The predicted molar refractivity (Wildman–Crippen MR) is 113 cm³/mol. The van der Waals surface area contributed by atoms with Crippen LogP contribution in [0, 0.1) is 12.7 Å². The standard InChI is InChI=1S/C23H19FN2O3S/c1-15-4-2-5-16(10-15)13-29-17-7-8-19(20(24)11-17)23-26-21(14-30-23)22(27)25-12-18-6-3-9-28-18/h2-11,14H,12-13H2,1H3,(H,25,27). The number of thiazole rings is 1. The van der Waals surface area contributed by atoms with Crippen LogP contribution in [0.4, 0.5) is 4.39 Å². The summed E-state index contributed by atoms with van der Waals surface area (Å²) in [4.78, 5) is 16.5. The third-order valence-corrected chi connectivity index (χ3v) is 5.27. The molecule has 1 amide bonds. The van der Waals surface area contributed by atoms with Gasteiger partial charge in [-0.25, -0.2) is 9.37 Å². The summed E-state index contributed by atoms with van der Waals surface area (Å²) in [6.07, 6.45) is 1.54. The smallest absolute Gasteiger partial charge is 0.271 e. The normalized spacial score (nSPS) is 10.7. The lowest BCUT2D eigenvalue weighted by atomic mass is 10.1. The molecule has 4 aromatic rings. The van der Waals surface area contributed by atoms with Crippen LogP contribution in [0.3, 0.4) is 0 Å². The fourth-order valence-electron chi connectivity index (χ4n) is 2.90. The van der Waals surface area contributed by atoms with Crippen LogP contribution in [0.5, 0.6) is 5.75 Å². The van der Waals surface area contributed by atoms with Crippen molar-refractivity contribution in [1.29, 1.82) is 0 Å². The van der Waals surface area contributed by atoms with E-state index in [-0.39, 0.29) is 18.1 Å². The fraction of sp³-hybridized carbons (Fsp3) is 0.130. The van der Waals surface area contributed by atoms with Crippen molar-refractivity contribution in [3.63, 3.8) is 0 Å². The van der Waals surface area contributed by atoms with Crippen molar-refractivity contribution >= 4 is 17.2 Å². The number of halogens is 1. The van der Waals surface area contributed by atoms with E-state index in [9.17, 15) is 9.18 Å². The van der Waals surface area contributed by atoms with Gasteiger partial charge in [-0.2, -0.15) is 0 Å². The van der Waals surface area contributed by atoms with Crippen molar-refractivity contribution in [2.45, 2.75) is 20.1 Å². The Morgan fingerprint density at radius 3 is 2.87 bits per heavy atom. The largest absolute Gasteiger partial charge is 0.489 e. The summed E-state index contributed by atoms with van der Waals surface area (Å²) < 4.78 is 25.5. The van der Waals surface area contributed by atoms with Crippen molar-refractivity contribution in [3.05, 3.63) is 94.6 Å². The molecule has 0 saturated carbocycles. The summed E-state index contributed by atoms with van der Waals surface area (Å²) in [5, 5.41) is 4.76. The van der Waals surface area contributed by atoms with E-state index in [1.165, 1.54) is 17.4 Å². The third-order valence-electron chi connectivity index (χ3n) is 4.40. The van der Waals surface area contributed by atoms with Gasteiger partial charge >= 0.3 is 0 Å². The van der Waals surface area contributed by atoms with Gasteiger partial charge in [-0.1, -0.05) is 29.8 Å². The zero-order valence-electron chi connectivity index (χ0n) is 16.2. The molecule has 0 fully saturated rings. The molecule has 4 rings (SSSR count). The van der Waals surface area contributed by atoms with Crippen LogP contribution in [-0.2, 0) is 13.2 Å². The second kappa shape index (κ2) is 8.92. The minimum absolute atomic E-state index is 0.237. The molecule has 0 spiro atoms. The molecule has 0 bridgehead atoms. The van der Waals surface area contributed by atoms with Crippen molar-refractivity contribution in [1.82, 2.24) is 10.3 Å². The van der Waals surface area contributed by atoms with E-state index in [1.54, 1.807) is 35.9 Å². The van der Waals surface area contributed by atoms with E-state index >= 15 is 0 Å². The lowest BCUT2D eigenvalue weighted by Crippen LogP contribution is -2.22.